The highest BCUT2D eigenvalue weighted by atomic mass is 16.5. The van der Waals surface area contributed by atoms with Gasteiger partial charge in [0, 0.05) is 6.54 Å². The molecule has 1 aromatic rings. The molecule has 0 aliphatic carbocycles. The molecule has 1 aromatic carbocycles. The van der Waals surface area contributed by atoms with Crippen molar-refractivity contribution in [3.8, 4) is 5.75 Å². The first kappa shape index (κ1) is 16.5. The van der Waals surface area contributed by atoms with Crippen LogP contribution in [0.1, 0.15) is 32.8 Å². The number of nitrogens with one attached hydrogen (secondary N) is 1. The van der Waals surface area contributed by atoms with Crippen molar-refractivity contribution in [2.45, 2.75) is 40.2 Å². The van der Waals surface area contributed by atoms with E-state index < -0.39 is 6.10 Å². The van der Waals surface area contributed by atoms with Crippen LogP contribution in [0.5, 0.6) is 5.75 Å². The molecule has 0 aliphatic heterocycles. The molecule has 0 heterocycles. The summed E-state index contributed by atoms with van der Waals surface area (Å²) in [6.07, 6.45) is -0.269. The average Bonchev–Trinajstić information content (AvgIpc) is 2.35. The molecule has 20 heavy (non-hydrogen) atoms. The molecule has 2 N–H and O–H groups in total. The number of carbonyl (C=O) groups excluding carboxylic acids is 1. The second-order valence-electron chi connectivity index (χ2n) is 6.10. The Morgan fingerprint density at radius 3 is 2.70 bits per heavy atom. The molecular formula is C16H25NO3. The van der Waals surface area contributed by atoms with Gasteiger partial charge in [0.2, 0.25) is 5.91 Å². The maximum Gasteiger partial charge on any atom is 0.223 e. The lowest BCUT2D eigenvalue weighted by Crippen LogP contribution is -2.39. The van der Waals surface area contributed by atoms with Crippen molar-refractivity contribution in [1.29, 1.82) is 0 Å². The number of rotatable bonds is 6. The second-order valence-corrected chi connectivity index (χ2v) is 6.10. The molecule has 1 atom stereocenters. The number of carbonyl (C=O) groups is 1. The molecule has 1 rings (SSSR count). The summed E-state index contributed by atoms with van der Waals surface area (Å²) in [6.45, 7) is 8.40. The second kappa shape index (κ2) is 7.29. The van der Waals surface area contributed by atoms with Crippen LogP contribution in [0.2, 0.25) is 0 Å². The summed E-state index contributed by atoms with van der Waals surface area (Å²) in [5.74, 6) is 0.661. The fourth-order valence-electron chi connectivity index (χ4n) is 1.57. The van der Waals surface area contributed by atoms with Crippen molar-refractivity contribution < 1.29 is 14.6 Å². The highest BCUT2D eigenvalue weighted by Crippen LogP contribution is 2.18. The normalized spacial score (nSPS) is 12.8. The van der Waals surface area contributed by atoms with Gasteiger partial charge in [-0.15, -0.1) is 0 Å². The SMILES string of the molecule is Cc1cccc(OCCC(=O)NCC(O)C(C)(C)C)c1. The zero-order valence-corrected chi connectivity index (χ0v) is 12.8. The molecule has 0 radical (unpaired) electrons. The zero-order valence-electron chi connectivity index (χ0n) is 12.8. The minimum Gasteiger partial charge on any atom is -0.493 e. The van der Waals surface area contributed by atoms with Gasteiger partial charge in [0.25, 0.3) is 0 Å². The van der Waals surface area contributed by atoms with E-state index in [9.17, 15) is 9.90 Å². The van der Waals surface area contributed by atoms with Crippen LogP contribution < -0.4 is 10.1 Å². The van der Waals surface area contributed by atoms with Gasteiger partial charge in [0.15, 0.2) is 0 Å². The van der Waals surface area contributed by atoms with Gasteiger partial charge in [0.05, 0.1) is 19.1 Å². The first-order valence-corrected chi connectivity index (χ1v) is 6.93. The Morgan fingerprint density at radius 1 is 1.40 bits per heavy atom. The lowest BCUT2D eigenvalue weighted by Gasteiger charge is -2.25. The summed E-state index contributed by atoms with van der Waals surface area (Å²) in [6, 6.07) is 7.72. The Morgan fingerprint density at radius 2 is 2.10 bits per heavy atom. The Hall–Kier alpha value is -1.55. The number of aryl methyl sites for hydroxylation is 1. The Balaban J connectivity index is 2.24. The molecule has 0 saturated carbocycles. The van der Waals surface area contributed by atoms with Crippen LogP contribution in [0.3, 0.4) is 0 Å². The number of aliphatic hydroxyl groups excluding tert-OH is 1. The van der Waals surface area contributed by atoms with Gasteiger partial charge in [-0.05, 0) is 30.0 Å². The summed E-state index contributed by atoms with van der Waals surface area (Å²) in [5, 5.41) is 12.5. The van der Waals surface area contributed by atoms with Gasteiger partial charge >= 0.3 is 0 Å². The number of ether oxygens (including phenoxy) is 1. The van der Waals surface area contributed by atoms with Gasteiger partial charge < -0.3 is 15.2 Å². The molecule has 4 nitrogen and oxygen atoms in total. The van der Waals surface area contributed by atoms with Gasteiger partial charge in [-0.1, -0.05) is 32.9 Å². The summed E-state index contributed by atoms with van der Waals surface area (Å²) in [4.78, 5) is 11.6. The Bertz CT molecular complexity index is 438. The van der Waals surface area contributed by atoms with E-state index in [1.165, 1.54) is 0 Å². The van der Waals surface area contributed by atoms with Crippen LogP contribution in [0, 0.1) is 12.3 Å². The standard InChI is InChI=1S/C16H25NO3/c1-12-6-5-7-13(10-12)20-9-8-15(19)17-11-14(18)16(2,3)4/h5-7,10,14,18H,8-9,11H2,1-4H3,(H,17,19). The molecule has 1 amide bonds. The van der Waals surface area contributed by atoms with Gasteiger partial charge in [0.1, 0.15) is 5.75 Å². The molecular weight excluding hydrogens is 254 g/mol. The van der Waals surface area contributed by atoms with Crippen LogP contribution in [-0.2, 0) is 4.79 Å². The molecule has 0 aliphatic rings. The van der Waals surface area contributed by atoms with E-state index in [2.05, 4.69) is 5.32 Å². The van der Waals surface area contributed by atoms with Crippen molar-refractivity contribution in [3.63, 3.8) is 0 Å². The van der Waals surface area contributed by atoms with Crippen molar-refractivity contribution >= 4 is 5.91 Å². The van der Waals surface area contributed by atoms with Crippen molar-refractivity contribution in [2.24, 2.45) is 5.41 Å². The first-order chi connectivity index (χ1) is 9.29. The number of benzene rings is 1. The number of hydrogen-bond acceptors (Lipinski definition) is 3. The molecule has 112 valence electrons. The predicted molar refractivity (Wildman–Crippen MR) is 79.8 cm³/mol. The molecule has 0 saturated heterocycles. The lowest BCUT2D eigenvalue weighted by molar-refractivity contribution is -0.122. The van der Waals surface area contributed by atoms with Crippen molar-refractivity contribution in [3.05, 3.63) is 29.8 Å². The predicted octanol–water partition coefficient (Wildman–Crippen LogP) is 2.29. The third-order valence-corrected chi connectivity index (χ3v) is 3.08. The van der Waals surface area contributed by atoms with Gasteiger partial charge in [-0.3, -0.25) is 4.79 Å². The fourth-order valence-corrected chi connectivity index (χ4v) is 1.57. The minimum atomic E-state index is -0.552. The van der Waals surface area contributed by atoms with Gasteiger partial charge in [-0.25, -0.2) is 0 Å². The largest absolute Gasteiger partial charge is 0.493 e. The zero-order chi connectivity index (χ0) is 15.2. The van der Waals surface area contributed by atoms with Gasteiger partial charge in [-0.2, -0.15) is 0 Å². The van der Waals surface area contributed by atoms with Crippen molar-refractivity contribution in [1.82, 2.24) is 5.32 Å². The van der Waals surface area contributed by atoms with Crippen LogP contribution in [0.25, 0.3) is 0 Å². The van der Waals surface area contributed by atoms with Crippen LogP contribution in [0.4, 0.5) is 0 Å². The third-order valence-electron chi connectivity index (χ3n) is 3.08. The maximum atomic E-state index is 11.6. The molecule has 0 aromatic heterocycles. The molecule has 0 spiro atoms. The van der Waals surface area contributed by atoms with E-state index in [0.717, 1.165) is 11.3 Å². The number of amides is 1. The summed E-state index contributed by atoms with van der Waals surface area (Å²) >= 11 is 0. The summed E-state index contributed by atoms with van der Waals surface area (Å²) in [5.41, 5.74) is 0.894. The molecule has 0 fully saturated rings. The minimum absolute atomic E-state index is 0.110. The monoisotopic (exact) mass is 279 g/mol. The first-order valence-electron chi connectivity index (χ1n) is 6.93. The third kappa shape index (κ3) is 6.06. The van der Waals surface area contributed by atoms with Crippen LogP contribution in [0.15, 0.2) is 24.3 Å². The Kier molecular flexibility index (Phi) is 6.02. The number of hydrogen-bond donors (Lipinski definition) is 2. The lowest BCUT2D eigenvalue weighted by atomic mass is 9.89. The van der Waals surface area contributed by atoms with E-state index in [-0.39, 0.29) is 24.3 Å². The topological polar surface area (TPSA) is 58.6 Å². The fraction of sp³-hybridized carbons (Fsp3) is 0.562. The number of aliphatic hydroxyl groups is 1. The molecule has 4 heteroatoms. The quantitative estimate of drug-likeness (QED) is 0.840. The average molecular weight is 279 g/mol. The maximum absolute atomic E-state index is 11.6. The van der Waals surface area contributed by atoms with Crippen LogP contribution >= 0.6 is 0 Å². The van der Waals surface area contributed by atoms with Crippen molar-refractivity contribution in [2.75, 3.05) is 13.2 Å². The van der Waals surface area contributed by atoms with Crippen LogP contribution in [-0.4, -0.2) is 30.3 Å². The smallest absolute Gasteiger partial charge is 0.223 e. The van der Waals surface area contributed by atoms with E-state index in [1.807, 2.05) is 52.0 Å². The summed E-state index contributed by atoms with van der Waals surface area (Å²) in [7, 11) is 0. The summed E-state index contributed by atoms with van der Waals surface area (Å²) < 4.78 is 5.51. The Labute approximate surface area is 121 Å². The molecule has 0 bridgehead atoms. The highest BCUT2D eigenvalue weighted by Gasteiger charge is 2.22. The van der Waals surface area contributed by atoms with E-state index in [4.69, 9.17) is 4.74 Å². The molecule has 1 unspecified atom stereocenters. The van der Waals surface area contributed by atoms with E-state index in [1.54, 1.807) is 0 Å². The van der Waals surface area contributed by atoms with E-state index in [0.29, 0.717) is 6.61 Å². The highest BCUT2D eigenvalue weighted by molar-refractivity contribution is 5.76. The van der Waals surface area contributed by atoms with E-state index >= 15 is 0 Å².